The van der Waals surface area contributed by atoms with Crippen molar-refractivity contribution in [3.8, 4) is 5.75 Å². The van der Waals surface area contributed by atoms with Gasteiger partial charge in [0, 0.05) is 19.0 Å². The molecule has 110 valence electrons. The number of fused-ring (bicyclic) bond motifs is 1. The lowest BCUT2D eigenvalue weighted by Crippen LogP contribution is -2.36. The monoisotopic (exact) mass is 274 g/mol. The molecule has 2 aliphatic rings. The molecule has 0 bridgehead atoms. The van der Waals surface area contributed by atoms with Crippen LogP contribution in [0.5, 0.6) is 5.75 Å². The summed E-state index contributed by atoms with van der Waals surface area (Å²) in [6.45, 7) is 3.92. The predicted molar refractivity (Wildman–Crippen MR) is 82.1 cm³/mol. The van der Waals surface area contributed by atoms with Crippen molar-refractivity contribution in [2.75, 3.05) is 26.2 Å². The summed E-state index contributed by atoms with van der Waals surface area (Å²) in [6.07, 6.45) is 7.80. The predicted octanol–water partition coefficient (Wildman–Crippen LogP) is 2.89. The first-order valence-corrected chi connectivity index (χ1v) is 8.08. The third-order valence-electron chi connectivity index (χ3n) is 4.65. The Bertz CT molecular complexity index is 439. The van der Waals surface area contributed by atoms with E-state index in [1.807, 2.05) is 0 Å². The largest absolute Gasteiger partial charge is 0.493 e. The Morgan fingerprint density at radius 1 is 1.10 bits per heavy atom. The van der Waals surface area contributed by atoms with Crippen LogP contribution in [0.3, 0.4) is 0 Å². The molecule has 20 heavy (non-hydrogen) atoms. The van der Waals surface area contributed by atoms with Gasteiger partial charge in [0.2, 0.25) is 0 Å². The molecule has 1 atom stereocenters. The Labute approximate surface area is 122 Å². The van der Waals surface area contributed by atoms with Gasteiger partial charge in [-0.15, -0.1) is 0 Å². The number of hydrogen-bond acceptors (Lipinski definition) is 3. The standard InChI is InChI=1S/C17H26N2O/c18-13-16(19-9-4-2-1-3-5-10-19)14-6-7-17-15(12-14)8-11-20-17/h6-7,12,16H,1-5,8-11,13,18H2. The van der Waals surface area contributed by atoms with Gasteiger partial charge >= 0.3 is 0 Å². The van der Waals surface area contributed by atoms with Crippen LogP contribution < -0.4 is 10.5 Å². The Kier molecular flexibility index (Phi) is 4.58. The van der Waals surface area contributed by atoms with Crippen LogP contribution in [0.2, 0.25) is 0 Å². The minimum absolute atomic E-state index is 0.374. The molecule has 0 radical (unpaired) electrons. The molecule has 3 rings (SSSR count). The molecule has 3 heteroatoms. The first-order chi connectivity index (χ1) is 9.88. The van der Waals surface area contributed by atoms with Crippen LogP contribution in [0.1, 0.15) is 49.3 Å². The third-order valence-corrected chi connectivity index (χ3v) is 4.65. The van der Waals surface area contributed by atoms with Gasteiger partial charge < -0.3 is 10.5 Å². The van der Waals surface area contributed by atoms with Gasteiger partial charge in [-0.25, -0.2) is 0 Å². The summed E-state index contributed by atoms with van der Waals surface area (Å²) in [5.41, 5.74) is 8.83. The Balaban J connectivity index is 1.77. The van der Waals surface area contributed by atoms with Crippen molar-refractivity contribution in [2.24, 2.45) is 5.73 Å². The van der Waals surface area contributed by atoms with Crippen molar-refractivity contribution in [1.82, 2.24) is 4.90 Å². The molecule has 1 saturated heterocycles. The molecule has 0 aromatic heterocycles. The van der Waals surface area contributed by atoms with Crippen LogP contribution in [0.25, 0.3) is 0 Å². The number of likely N-dealkylation sites (tertiary alicyclic amines) is 1. The quantitative estimate of drug-likeness (QED) is 0.921. The van der Waals surface area contributed by atoms with Crippen molar-refractivity contribution >= 4 is 0 Å². The second kappa shape index (κ2) is 6.59. The summed E-state index contributed by atoms with van der Waals surface area (Å²) in [5, 5.41) is 0. The number of rotatable bonds is 3. The summed E-state index contributed by atoms with van der Waals surface area (Å²) < 4.78 is 5.60. The molecular formula is C17H26N2O. The van der Waals surface area contributed by atoms with Crippen LogP contribution in [0.4, 0.5) is 0 Å². The van der Waals surface area contributed by atoms with Crippen molar-refractivity contribution < 1.29 is 4.74 Å². The van der Waals surface area contributed by atoms with Crippen LogP contribution in [0, 0.1) is 0 Å². The smallest absolute Gasteiger partial charge is 0.122 e. The van der Waals surface area contributed by atoms with Crippen molar-refractivity contribution in [3.05, 3.63) is 29.3 Å². The van der Waals surface area contributed by atoms with E-state index in [1.54, 1.807) is 0 Å². The first kappa shape index (κ1) is 13.9. The van der Waals surface area contributed by atoms with Crippen LogP contribution in [-0.2, 0) is 6.42 Å². The van der Waals surface area contributed by atoms with Gasteiger partial charge in [-0.1, -0.05) is 31.4 Å². The first-order valence-electron chi connectivity index (χ1n) is 8.08. The number of nitrogens with two attached hydrogens (primary N) is 1. The lowest BCUT2D eigenvalue weighted by Gasteiger charge is -2.32. The highest BCUT2D eigenvalue weighted by Gasteiger charge is 2.21. The van der Waals surface area contributed by atoms with E-state index in [4.69, 9.17) is 10.5 Å². The Hall–Kier alpha value is -1.06. The minimum atomic E-state index is 0.374. The summed E-state index contributed by atoms with van der Waals surface area (Å²) in [5.74, 6) is 1.07. The van der Waals surface area contributed by atoms with E-state index in [2.05, 4.69) is 23.1 Å². The summed E-state index contributed by atoms with van der Waals surface area (Å²) in [4.78, 5) is 2.59. The fourth-order valence-corrected chi connectivity index (χ4v) is 3.49. The molecule has 2 aliphatic heterocycles. The van der Waals surface area contributed by atoms with Crippen molar-refractivity contribution in [2.45, 2.75) is 44.6 Å². The maximum atomic E-state index is 6.10. The molecular weight excluding hydrogens is 248 g/mol. The number of ether oxygens (including phenoxy) is 1. The Morgan fingerprint density at radius 3 is 2.60 bits per heavy atom. The highest BCUT2D eigenvalue weighted by molar-refractivity contribution is 5.40. The van der Waals surface area contributed by atoms with E-state index >= 15 is 0 Å². The molecule has 1 fully saturated rings. The molecule has 3 nitrogen and oxygen atoms in total. The average Bonchev–Trinajstić information content (AvgIpc) is 2.89. The fourth-order valence-electron chi connectivity index (χ4n) is 3.49. The molecule has 1 unspecified atom stereocenters. The third kappa shape index (κ3) is 2.99. The number of benzene rings is 1. The van der Waals surface area contributed by atoms with Crippen molar-refractivity contribution in [1.29, 1.82) is 0 Å². The highest BCUT2D eigenvalue weighted by atomic mass is 16.5. The van der Waals surface area contributed by atoms with Gasteiger partial charge in [0.15, 0.2) is 0 Å². The molecule has 1 aromatic rings. The lowest BCUT2D eigenvalue weighted by atomic mass is 9.99. The van der Waals surface area contributed by atoms with Crippen LogP contribution >= 0.6 is 0 Å². The van der Waals surface area contributed by atoms with E-state index in [9.17, 15) is 0 Å². The minimum Gasteiger partial charge on any atom is -0.493 e. The van der Waals surface area contributed by atoms with Crippen LogP contribution in [-0.4, -0.2) is 31.1 Å². The van der Waals surface area contributed by atoms with Gasteiger partial charge in [0.25, 0.3) is 0 Å². The lowest BCUT2D eigenvalue weighted by molar-refractivity contribution is 0.183. The maximum Gasteiger partial charge on any atom is 0.122 e. The van der Waals surface area contributed by atoms with Gasteiger partial charge in [-0.3, -0.25) is 4.90 Å². The van der Waals surface area contributed by atoms with E-state index < -0.39 is 0 Å². The average molecular weight is 274 g/mol. The van der Waals surface area contributed by atoms with Gasteiger partial charge in [0.05, 0.1) is 6.61 Å². The zero-order valence-corrected chi connectivity index (χ0v) is 12.3. The number of hydrogen-bond donors (Lipinski definition) is 1. The van der Waals surface area contributed by atoms with E-state index in [0.29, 0.717) is 12.6 Å². The topological polar surface area (TPSA) is 38.5 Å². The molecule has 1 aromatic carbocycles. The van der Waals surface area contributed by atoms with Gasteiger partial charge in [-0.2, -0.15) is 0 Å². The molecule has 2 heterocycles. The van der Waals surface area contributed by atoms with Gasteiger partial charge in [-0.05, 0) is 43.1 Å². The molecule has 0 amide bonds. The normalized spacial score (nSPS) is 21.6. The van der Waals surface area contributed by atoms with E-state index in [1.165, 1.54) is 56.3 Å². The summed E-state index contributed by atoms with van der Waals surface area (Å²) in [7, 11) is 0. The molecule has 0 saturated carbocycles. The van der Waals surface area contributed by atoms with E-state index in [-0.39, 0.29) is 0 Å². The SMILES string of the molecule is NCC(c1ccc2c(c1)CCO2)N1CCCCCCC1. The van der Waals surface area contributed by atoms with Crippen molar-refractivity contribution in [3.63, 3.8) is 0 Å². The van der Waals surface area contributed by atoms with E-state index in [0.717, 1.165) is 18.8 Å². The zero-order chi connectivity index (χ0) is 13.8. The summed E-state index contributed by atoms with van der Waals surface area (Å²) >= 11 is 0. The number of nitrogens with zero attached hydrogens (tertiary/aromatic N) is 1. The molecule has 0 spiro atoms. The second-order valence-electron chi connectivity index (χ2n) is 6.02. The second-order valence-corrected chi connectivity index (χ2v) is 6.02. The fraction of sp³-hybridized carbons (Fsp3) is 0.647. The highest BCUT2D eigenvalue weighted by Crippen LogP contribution is 2.30. The zero-order valence-electron chi connectivity index (χ0n) is 12.3. The van der Waals surface area contributed by atoms with Gasteiger partial charge in [0.1, 0.15) is 5.75 Å². The summed E-state index contributed by atoms with van der Waals surface area (Å²) in [6, 6.07) is 7.03. The molecule has 2 N–H and O–H groups in total. The van der Waals surface area contributed by atoms with Crippen LogP contribution in [0.15, 0.2) is 18.2 Å². The Morgan fingerprint density at radius 2 is 1.85 bits per heavy atom. The maximum absolute atomic E-state index is 6.10. The molecule has 0 aliphatic carbocycles.